The van der Waals surface area contributed by atoms with Crippen molar-refractivity contribution < 1.29 is 4.79 Å². The predicted octanol–water partition coefficient (Wildman–Crippen LogP) is 3.43. The summed E-state index contributed by atoms with van der Waals surface area (Å²) in [4.78, 5) is 24.8. The first-order valence-corrected chi connectivity index (χ1v) is 8.99. The maximum atomic E-state index is 12.6. The SMILES string of the molecule is CN(CCc1ccncc1)C(=O)c1ccc(N(C)Cc2ccccc2)cn1. The number of nitrogens with zero attached hydrogens (tertiary/aromatic N) is 4. The molecule has 0 saturated heterocycles. The number of likely N-dealkylation sites (N-methyl/N-ethyl adjacent to an activating group) is 1. The van der Waals surface area contributed by atoms with Gasteiger partial charge in [0.15, 0.2) is 0 Å². The lowest BCUT2D eigenvalue weighted by atomic mass is 10.2. The van der Waals surface area contributed by atoms with Crippen molar-refractivity contribution in [2.75, 3.05) is 25.5 Å². The van der Waals surface area contributed by atoms with E-state index < -0.39 is 0 Å². The van der Waals surface area contributed by atoms with Gasteiger partial charge in [-0.2, -0.15) is 0 Å². The van der Waals surface area contributed by atoms with Gasteiger partial charge < -0.3 is 9.80 Å². The molecule has 27 heavy (non-hydrogen) atoms. The number of aromatic nitrogens is 2. The monoisotopic (exact) mass is 360 g/mol. The minimum Gasteiger partial charge on any atom is -0.369 e. The molecule has 138 valence electrons. The molecule has 0 unspecified atom stereocenters. The molecular weight excluding hydrogens is 336 g/mol. The quantitative estimate of drug-likeness (QED) is 0.648. The fourth-order valence-electron chi connectivity index (χ4n) is 2.83. The molecule has 5 nitrogen and oxygen atoms in total. The number of anilines is 1. The minimum absolute atomic E-state index is 0.0682. The predicted molar refractivity (Wildman–Crippen MR) is 108 cm³/mol. The standard InChI is InChI=1S/C22H24N4O/c1-25(15-12-18-10-13-23-14-11-18)22(27)21-9-8-20(16-24-21)26(2)17-19-6-4-3-5-7-19/h3-11,13-14,16H,12,15,17H2,1-2H3. The third-order valence-electron chi connectivity index (χ3n) is 4.50. The zero-order chi connectivity index (χ0) is 19.1. The zero-order valence-corrected chi connectivity index (χ0v) is 15.7. The van der Waals surface area contributed by atoms with Gasteiger partial charge in [-0.3, -0.25) is 9.78 Å². The summed E-state index contributed by atoms with van der Waals surface area (Å²) in [6.45, 7) is 1.43. The van der Waals surface area contributed by atoms with E-state index in [1.54, 1.807) is 36.6 Å². The van der Waals surface area contributed by atoms with E-state index in [9.17, 15) is 4.79 Å². The Morgan fingerprint density at radius 2 is 1.67 bits per heavy atom. The Bertz CT molecular complexity index is 851. The van der Waals surface area contributed by atoms with E-state index in [1.807, 2.05) is 43.4 Å². The molecule has 1 aromatic carbocycles. The molecule has 2 aromatic heterocycles. The van der Waals surface area contributed by atoms with Crippen LogP contribution < -0.4 is 4.90 Å². The molecule has 0 bridgehead atoms. The van der Waals surface area contributed by atoms with Gasteiger partial charge in [-0.15, -0.1) is 0 Å². The number of hydrogen-bond donors (Lipinski definition) is 0. The summed E-state index contributed by atoms with van der Waals surface area (Å²) in [6.07, 6.45) is 6.09. The van der Waals surface area contributed by atoms with Crippen molar-refractivity contribution in [2.45, 2.75) is 13.0 Å². The largest absolute Gasteiger partial charge is 0.369 e. The maximum absolute atomic E-state index is 12.6. The van der Waals surface area contributed by atoms with Gasteiger partial charge in [0.05, 0.1) is 11.9 Å². The number of pyridine rings is 2. The molecule has 0 aliphatic heterocycles. The smallest absolute Gasteiger partial charge is 0.272 e. The Kier molecular flexibility index (Phi) is 6.15. The number of carbonyl (C=O) groups excluding carboxylic acids is 1. The molecule has 0 aliphatic carbocycles. The van der Waals surface area contributed by atoms with E-state index in [1.165, 1.54) is 5.56 Å². The first kappa shape index (κ1) is 18.6. The molecule has 0 saturated carbocycles. The third kappa shape index (κ3) is 5.14. The van der Waals surface area contributed by atoms with Crippen molar-refractivity contribution in [1.82, 2.24) is 14.9 Å². The van der Waals surface area contributed by atoms with Crippen LogP contribution in [0.15, 0.2) is 73.2 Å². The van der Waals surface area contributed by atoms with Crippen LogP contribution in [0.25, 0.3) is 0 Å². The summed E-state index contributed by atoms with van der Waals surface area (Å²) in [7, 11) is 3.83. The van der Waals surface area contributed by atoms with E-state index in [4.69, 9.17) is 0 Å². The molecule has 3 rings (SSSR count). The van der Waals surface area contributed by atoms with Gasteiger partial charge in [0.25, 0.3) is 5.91 Å². The van der Waals surface area contributed by atoms with Gasteiger partial charge in [-0.05, 0) is 41.8 Å². The van der Waals surface area contributed by atoms with Crippen LogP contribution in [-0.2, 0) is 13.0 Å². The fraction of sp³-hybridized carbons (Fsp3) is 0.227. The van der Waals surface area contributed by atoms with Crippen molar-refractivity contribution in [2.24, 2.45) is 0 Å². The zero-order valence-electron chi connectivity index (χ0n) is 15.7. The molecular formula is C22H24N4O. The van der Waals surface area contributed by atoms with Crippen LogP contribution in [-0.4, -0.2) is 41.4 Å². The van der Waals surface area contributed by atoms with Crippen LogP contribution in [0.1, 0.15) is 21.6 Å². The third-order valence-corrected chi connectivity index (χ3v) is 4.50. The Morgan fingerprint density at radius 1 is 0.926 bits per heavy atom. The summed E-state index contributed by atoms with van der Waals surface area (Å²) in [5.74, 6) is -0.0682. The molecule has 0 spiro atoms. The average Bonchev–Trinajstić information content (AvgIpc) is 2.73. The van der Waals surface area contributed by atoms with Gasteiger partial charge in [0.1, 0.15) is 5.69 Å². The van der Waals surface area contributed by atoms with Crippen molar-refractivity contribution in [3.05, 3.63) is 90.0 Å². The lowest BCUT2D eigenvalue weighted by Gasteiger charge is -2.20. The Hall–Kier alpha value is -3.21. The molecule has 1 amide bonds. The molecule has 0 fully saturated rings. The minimum atomic E-state index is -0.0682. The highest BCUT2D eigenvalue weighted by molar-refractivity contribution is 5.92. The number of amides is 1. The average molecular weight is 360 g/mol. The summed E-state index contributed by atoms with van der Waals surface area (Å²) < 4.78 is 0. The molecule has 0 aliphatic rings. The van der Waals surface area contributed by atoms with Crippen LogP contribution in [0.2, 0.25) is 0 Å². The summed E-state index contributed by atoms with van der Waals surface area (Å²) in [5.41, 5.74) is 3.84. The molecule has 5 heteroatoms. The van der Waals surface area contributed by atoms with Crippen molar-refractivity contribution in [3.8, 4) is 0 Å². The van der Waals surface area contributed by atoms with Gasteiger partial charge in [-0.1, -0.05) is 30.3 Å². The van der Waals surface area contributed by atoms with E-state index in [2.05, 4.69) is 27.0 Å². The van der Waals surface area contributed by atoms with E-state index in [-0.39, 0.29) is 5.91 Å². The van der Waals surface area contributed by atoms with Crippen molar-refractivity contribution >= 4 is 11.6 Å². The first-order valence-electron chi connectivity index (χ1n) is 8.99. The van der Waals surface area contributed by atoms with Crippen LogP contribution in [0.3, 0.4) is 0 Å². The first-order chi connectivity index (χ1) is 13.1. The van der Waals surface area contributed by atoms with Crippen LogP contribution in [0, 0.1) is 0 Å². The molecule has 0 atom stereocenters. The second-order valence-corrected chi connectivity index (χ2v) is 6.58. The van der Waals surface area contributed by atoms with Crippen molar-refractivity contribution in [3.63, 3.8) is 0 Å². The topological polar surface area (TPSA) is 49.3 Å². The van der Waals surface area contributed by atoms with Gasteiger partial charge in [-0.25, -0.2) is 4.98 Å². The number of rotatable bonds is 7. The van der Waals surface area contributed by atoms with E-state index >= 15 is 0 Å². The number of benzene rings is 1. The van der Waals surface area contributed by atoms with Gasteiger partial charge in [0.2, 0.25) is 0 Å². The summed E-state index contributed by atoms with van der Waals surface area (Å²) >= 11 is 0. The van der Waals surface area contributed by atoms with Crippen LogP contribution >= 0.6 is 0 Å². The maximum Gasteiger partial charge on any atom is 0.272 e. The molecule has 0 N–H and O–H groups in total. The van der Waals surface area contributed by atoms with Crippen LogP contribution in [0.4, 0.5) is 5.69 Å². The Balaban J connectivity index is 1.57. The lowest BCUT2D eigenvalue weighted by molar-refractivity contribution is 0.0791. The highest BCUT2D eigenvalue weighted by atomic mass is 16.2. The van der Waals surface area contributed by atoms with Crippen molar-refractivity contribution in [1.29, 1.82) is 0 Å². The number of hydrogen-bond acceptors (Lipinski definition) is 4. The Labute approximate surface area is 160 Å². The second kappa shape index (κ2) is 8.94. The lowest BCUT2D eigenvalue weighted by Crippen LogP contribution is -2.29. The molecule has 2 heterocycles. The number of carbonyl (C=O) groups is 1. The van der Waals surface area contributed by atoms with Crippen LogP contribution in [0.5, 0.6) is 0 Å². The van der Waals surface area contributed by atoms with E-state index in [0.717, 1.165) is 24.2 Å². The Morgan fingerprint density at radius 3 is 2.33 bits per heavy atom. The highest BCUT2D eigenvalue weighted by Gasteiger charge is 2.13. The van der Waals surface area contributed by atoms with E-state index in [0.29, 0.717) is 12.2 Å². The molecule has 3 aromatic rings. The second-order valence-electron chi connectivity index (χ2n) is 6.58. The summed E-state index contributed by atoms with van der Waals surface area (Å²) in [6, 6.07) is 17.9. The van der Waals surface area contributed by atoms with Gasteiger partial charge in [0, 0.05) is 39.6 Å². The van der Waals surface area contributed by atoms with Gasteiger partial charge >= 0.3 is 0 Å². The normalized spacial score (nSPS) is 10.4. The highest BCUT2D eigenvalue weighted by Crippen LogP contribution is 2.15. The molecule has 0 radical (unpaired) electrons. The summed E-state index contributed by atoms with van der Waals surface area (Å²) in [5, 5.41) is 0. The fourth-order valence-corrected chi connectivity index (χ4v) is 2.83.